The Morgan fingerprint density at radius 3 is 2.65 bits per heavy atom. The van der Waals surface area contributed by atoms with Gasteiger partial charge in [-0.1, -0.05) is 19.8 Å². The van der Waals surface area contributed by atoms with Crippen molar-refractivity contribution in [2.24, 2.45) is 0 Å². The van der Waals surface area contributed by atoms with Crippen molar-refractivity contribution in [3.05, 3.63) is 42.0 Å². The summed E-state index contributed by atoms with van der Waals surface area (Å²) in [5, 5.41) is 19.4. The molecule has 0 aliphatic carbocycles. The smallest absolute Gasteiger partial charge is 0.326 e. The molecule has 0 spiro atoms. The molecule has 0 saturated carbocycles. The zero-order valence-corrected chi connectivity index (χ0v) is 12.6. The first kappa shape index (κ1) is 16.6. The predicted molar refractivity (Wildman–Crippen MR) is 79.7 cm³/mol. The highest BCUT2D eigenvalue weighted by Gasteiger charge is 2.21. The molecule has 0 radical (unpaired) electrons. The number of carbonyl (C=O) groups is 2. The van der Waals surface area contributed by atoms with Crippen LogP contribution < -0.4 is 5.32 Å². The molecule has 0 bridgehead atoms. The maximum atomic E-state index is 12.9. The van der Waals surface area contributed by atoms with Crippen LogP contribution >= 0.6 is 0 Å². The van der Waals surface area contributed by atoms with Crippen molar-refractivity contribution >= 4 is 11.9 Å². The lowest BCUT2D eigenvalue weighted by Crippen LogP contribution is -2.40. The van der Waals surface area contributed by atoms with Crippen LogP contribution in [0.4, 0.5) is 4.39 Å². The average molecular weight is 320 g/mol. The van der Waals surface area contributed by atoms with E-state index in [9.17, 15) is 14.0 Å². The standard InChI is InChI=1S/C15H17FN4O3/c1-2-3-4-12(15(22)23)18-14(21)13-9-17-20(19-13)11-7-5-10(16)6-8-11/h5-9,12H,2-4H2,1H3,(H,18,21)(H,22,23). The van der Waals surface area contributed by atoms with Gasteiger partial charge in [-0.05, 0) is 30.7 Å². The fourth-order valence-electron chi connectivity index (χ4n) is 1.96. The second-order valence-corrected chi connectivity index (χ2v) is 5.00. The highest BCUT2D eigenvalue weighted by atomic mass is 19.1. The highest BCUT2D eigenvalue weighted by molar-refractivity contribution is 5.94. The number of carboxylic acids is 1. The Labute approximate surface area is 132 Å². The molecule has 1 atom stereocenters. The van der Waals surface area contributed by atoms with Crippen LogP contribution in [-0.4, -0.2) is 38.0 Å². The molecule has 1 amide bonds. The third-order valence-corrected chi connectivity index (χ3v) is 3.23. The van der Waals surface area contributed by atoms with Crippen LogP contribution in [0.15, 0.2) is 30.5 Å². The molecule has 1 heterocycles. The number of amides is 1. The van der Waals surface area contributed by atoms with Crippen molar-refractivity contribution in [1.82, 2.24) is 20.3 Å². The molecule has 23 heavy (non-hydrogen) atoms. The maximum absolute atomic E-state index is 12.9. The number of halogens is 1. The molecule has 0 fully saturated rings. The quantitative estimate of drug-likeness (QED) is 0.810. The number of unbranched alkanes of at least 4 members (excludes halogenated alkanes) is 1. The summed E-state index contributed by atoms with van der Waals surface area (Å²) < 4.78 is 12.9. The number of aromatic nitrogens is 3. The molecule has 0 aliphatic rings. The van der Waals surface area contributed by atoms with Gasteiger partial charge in [-0.2, -0.15) is 9.90 Å². The molecular weight excluding hydrogens is 303 g/mol. The van der Waals surface area contributed by atoms with Gasteiger partial charge in [0, 0.05) is 0 Å². The molecule has 1 aromatic carbocycles. The van der Waals surface area contributed by atoms with Gasteiger partial charge < -0.3 is 10.4 Å². The lowest BCUT2D eigenvalue weighted by atomic mass is 10.1. The molecule has 0 saturated heterocycles. The van der Waals surface area contributed by atoms with E-state index in [1.54, 1.807) is 0 Å². The van der Waals surface area contributed by atoms with Crippen LogP contribution in [0.25, 0.3) is 5.69 Å². The van der Waals surface area contributed by atoms with Crippen molar-refractivity contribution in [3.63, 3.8) is 0 Å². The second-order valence-electron chi connectivity index (χ2n) is 5.00. The third kappa shape index (κ3) is 4.35. The average Bonchev–Trinajstić information content (AvgIpc) is 3.01. The molecule has 7 nitrogen and oxygen atoms in total. The molecule has 1 aromatic heterocycles. The van der Waals surface area contributed by atoms with Gasteiger partial charge in [-0.3, -0.25) is 4.79 Å². The Kier molecular flexibility index (Phi) is 5.40. The van der Waals surface area contributed by atoms with Gasteiger partial charge in [-0.25, -0.2) is 9.18 Å². The number of hydrogen-bond donors (Lipinski definition) is 2. The van der Waals surface area contributed by atoms with Crippen LogP contribution in [0.1, 0.15) is 36.7 Å². The van der Waals surface area contributed by atoms with Crippen molar-refractivity contribution in [3.8, 4) is 5.69 Å². The van der Waals surface area contributed by atoms with E-state index >= 15 is 0 Å². The van der Waals surface area contributed by atoms with Crippen molar-refractivity contribution in [2.75, 3.05) is 0 Å². The van der Waals surface area contributed by atoms with Crippen molar-refractivity contribution in [1.29, 1.82) is 0 Å². The minimum absolute atomic E-state index is 0.00271. The van der Waals surface area contributed by atoms with E-state index in [0.717, 1.165) is 6.42 Å². The van der Waals surface area contributed by atoms with Gasteiger partial charge in [0.05, 0.1) is 11.9 Å². The lowest BCUT2D eigenvalue weighted by Gasteiger charge is -2.12. The molecule has 122 valence electrons. The van der Waals surface area contributed by atoms with E-state index in [4.69, 9.17) is 5.11 Å². The number of carbonyl (C=O) groups excluding carboxylic acids is 1. The van der Waals surface area contributed by atoms with Gasteiger partial charge in [0.15, 0.2) is 5.69 Å². The summed E-state index contributed by atoms with van der Waals surface area (Å²) in [4.78, 5) is 24.4. The summed E-state index contributed by atoms with van der Waals surface area (Å²) in [6.07, 6.45) is 3.11. The molecule has 1 unspecified atom stereocenters. The van der Waals surface area contributed by atoms with Gasteiger partial charge in [-0.15, -0.1) is 5.10 Å². The Morgan fingerprint density at radius 1 is 1.35 bits per heavy atom. The van der Waals surface area contributed by atoms with Crippen LogP contribution in [0, 0.1) is 5.82 Å². The first-order valence-electron chi connectivity index (χ1n) is 7.23. The molecule has 0 aliphatic heterocycles. The summed E-state index contributed by atoms with van der Waals surface area (Å²) in [5.74, 6) is -2.08. The van der Waals surface area contributed by atoms with E-state index < -0.39 is 17.9 Å². The SMILES string of the molecule is CCCCC(NC(=O)c1cnn(-c2ccc(F)cc2)n1)C(=O)O. The monoisotopic (exact) mass is 320 g/mol. The normalized spacial score (nSPS) is 11.9. The fourth-order valence-corrected chi connectivity index (χ4v) is 1.96. The maximum Gasteiger partial charge on any atom is 0.326 e. The van der Waals surface area contributed by atoms with Gasteiger partial charge in [0.1, 0.15) is 11.9 Å². The molecular formula is C15H17FN4O3. The van der Waals surface area contributed by atoms with Gasteiger partial charge >= 0.3 is 5.97 Å². The van der Waals surface area contributed by atoms with E-state index in [1.807, 2.05) is 6.92 Å². The van der Waals surface area contributed by atoms with Crippen molar-refractivity contribution in [2.45, 2.75) is 32.2 Å². The number of aliphatic carboxylic acids is 1. The van der Waals surface area contributed by atoms with E-state index in [1.165, 1.54) is 35.3 Å². The number of nitrogens with zero attached hydrogens (tertiary/aromatic N) is 3. The van der Waals surface area contributed by atoms with Crippen LogP contribution in [-0.2, 0) is 4.79 Å². The van der Waals surface area contributed by atoms with Crippen molar-refractivity contribution < 1.29 is 19.1 Å². The van der Waals surface area contributed by atoms with E-state index in [0.29, 0.717) is 18.5 Å². The summed E-state index contributed by atoms with van der Waals surface area (Å²) >= 11 is 0. The Hall–Kier alpha value is -2.77. The first-order valence-corrected chi connectivity index (χ1v) is 7.23. The van der Waals surface area contributed by atoms with Gasteiger partial charge in [0.25, 0.3) is 5.91 Å². The number of carboxylic acid groups (broad SMARTS) is 1. The first-order chi connectivity index (χ1) is 11.0. The van der Waals surface area contributed by atoms with Crippen LogP contribution in [0.5, 0.6) is 0 Å². The third-order valence-electron chi connectivity index (χ3n) is 3.23. The Balaban J connectivity index is 2.08. The zero-order valence-electron chi connectivity index (χ0n) is 12.6. The Bertz CT molecular complexity index is 684. The highest BCUT2D eigenvalue weighted by Crippen LogP contribution is 2.08. The van der Waals surface area contributed by atoms with Crippen LogP contribution in [0.2, 0.25) is 0 Å². The molecule has 2 N–H and O–H groups in total. The molecule has 8 heteroatoms. The lowest BCUT2D eigenvalue weighted by molar-refractivity contribution is -0.139. The predicted octanol–water partition coefficient (Wildman–Crippen LogP) is 1.78. The Morgan fingerprint density at radius 2 is 2.04 bits per heavy atom. The number of hydrogen-bond acceptors (Lipinski definition) is 4. The zero-order chi connectivity index (χ0) is 16.8. The van der Waals surface area contributed by atoms with E-state index in [2.05, 4.69) is 15.5 Å². The van der Waals surface area contributed by atoms with E-state index in [-0.39, 0.29) is 11.5 Å². The van der Waals surface area contributed by atoms with Gasteiger partial charge in [0.2, 0.25) is 0 Å². The molecule has 2 rings (SSSR count). The fraction of sp³-hybridized carbons (Fsp3) is 0.333. The summed E-state index contributed by atoms with van der Waals surface area (Å²) in [5.41, 5.74) is 0.489. The topological polar surface area (TPSA) is 97.1 Å². The summed E-state index contributed by atoms with van der Waals surface area (Å²) in [6, 6.07) is 4.49. The summed E-state index contributed by atoms with van der Waals surface area (Å²) in [6.45, 7) is 1.94. The summed E-state index contributed by atoms with van der Waals surface area (Å²) in [7, 11) is 0. The molecule has 2 aromatic rings. The number of benzene rings is 1. The largest absolute Gasteiger partial charge is 0.480 e. The second kappa shape index (κ2) is 7.48. The number of nitrogens with one attached hydrogen (secondary N) is 1. The minimum Gasteiger partial charge on any atom is -0.480 e. The minimum atomic E-state index is -1.09. The van der Waals surface area contributed by atoms with Crippen LogP contribution in [0.3, 0.4) is 0 Å². The number of rotatable bonds is 7.